The number of nitro groups is 1. The summed E-state index contributed by atoms with van der Waals surface area (Å²) in [5.74, 6) is 0.486. The van der Waals surface area contributed by atoms with E-state index >= 15 is 0 Å². The van der Waals surface area contributed by atoms with Crippen LogP contribution in [-0.4, -0.2) is 45.4 Å². The summed E-state index contributed by atoms with van der Waals surface area (Å²) in [4.78, 5) is 15.3. The van der Waals surface area contributed by atoms with Gasteiger partial charge in [0.05, 0.1) is 23.2 Å². The Kier molecular flexibility index (Phi) is 4.75. The SMILES string of the molecule is O=[N+]([O-])c1ccc(COP(=O)(N2CC2)N2CC2)cc1Oc1cnc2ccccc2c1. The standard InChI is InChI=1S/C20H19N4O5P/c25-24(26)19-6-5-15(14-28-30(27,22-7-8-22)23-9-10-23)11-20(19)29-17-12-16-3-1-2-4-18(16)21-13-17/h1-6,11-13H,7-10,14H2. The van der Waals surface area contributed by atoms with Gasteiger partial charge in [-0.1, -0.05) is 18.2 Å². The third-order valence-electron chi connectivity index (χ3n) is 4.98. The molecule has 0 unspecified atom stereocenters. The zero-order valence-corrected chi connectivity index (χ0v) is 16.9. The van der Waals surface area contributed by atoms with Gasteiger partial charge in [-0.05, 0) is 29.8 Å². The molecule has 154 valence electrons. The van der Waals surface area contributed by atoms with Gasteiger partial charge >= 0.3 is 13.4 Å². The van der Waals surface area contributed by atoms with Crippen LogP contribution >= 0.6 is 7.67 Å². The molecule has 2 fully saturated rings. The maximum Gasteiger partial charge on any atom is 0.346 e. The lowest BCUT2D eigenvalue weighted by atomic mass is 10.2. The monoisotopic (exact) mass is 426 g/mol. The molecule has 30 heavy (non-hydrogen) atoms. The molecule has 2 aliphatic heterocycles. The second-order valence-corrected chi connectivity index (χ2v) is 9.57. The minimum absolute atomic E-state index is 0.0780. The largest absolute Gasteiger partial charge is 0.448 e. The predicted molar refractivity (Wildman–Crippen MR) is 110 cm³/mol. The minimum atomic E-state index is -2.96. The number of hydrogen-bond acceptors (Lipinski definition) is 6. The van der Waals surface area contributed by atoms with Crippen LogP contribution in [-0.2, 0) is 15.7 Å². The van der Waals surface area contributed by atoms with Gasteiger partial charge in [0.1, 0.15) is 5.75 Å². The highest BCUT2D eigenvalue weighted by Gasteiger charge is 2.49. The second-order valence-electron chi connectivity index (χ2n) is 7.20. The third kappa shape index (κ3) is 3.80. The highest BCUT2D eigenvalue weighted by molar-refractivity contribution is 7.54. The van der Waals surface area contributed by atoms with E-state index in [-0.39, 0.29) is 18.0 Å². The van der Waals surface area contributed by atoms with Crippen molar-refractivity contribution in [3.05, 3.63) is 70.4 Å². The van der Waals surface area contributed by atoms with Gasteiger partial charge in [-0.2, -0.15) is 0 Å². The molecule has 0 spiro atoms. The van der Waals surface area contributed by atoms with Crippen molar-refractivity contribution in [1.82, 2.24) is 14.3 Å². The number of aromatic nitrogens is 1. The molecule has 0 amide bonds. The van der Waals surface area contributed by atoms with Crippen molar-refractivity contribution in [3.63, 3.8) is 0 Å². The van der Waals surface area contributed by atoms with E-state index in [4.69, 9.17) is 9.26 Å². The number of hydrogen-bond donors (Lipinski definition) is 0. The number of pyridine rings is 1. The zero-order chi connectivity index (χ0) is 20.7. The van der Waals surface area contributed by atoms with E-state index in [0.717, 1.165) is 37.1 Å². The maximum atomic E-state index is 13.1. The Morgan fingerprint density at radius 1 is 1.07 bits per heavy atom. The number of nitrogens with zero attached hydrogens (tertiary/aromatic N) is 4. The van der Waals surface area contributed by atoms with Crippen LogP contribution in [0.2, 0.25) is 0 Å². The molecular formula is C20H19N4O5P. The molecule has 3 aromatic rings. The van der Waals surface area contributed by atoms with E-state index in [2.05, 4.69) is 4.98 Å². The van der Waals surface area contributed by atoms with Gasteiger partial charge in [-0.3, -0.25) is 19.7 Å². The van der Waals surface area contributed by atoms with Crippen LogP contribution in [0.5, 0.6) is 11.5 Å². The molecule has 0 bridgehead atoms. The number of rotatable bonds is 8. The van der Waals surface area contributed by atoms with Crippen LogP contribution in [0.3, 0.4) is 0 Å². The van der Waals surface area contributed by atoms with E-state index < -0.39 is 12.6 Å². The first-order valence-corrected chi connectivity index (χ1v) is 11.1. The summed E-state index contributed by atoms with van der Waals surface area (Å²) in [5, 5.41) is 12.3. The van der Waals surface area contributed by atoms with Crippen molar-refractivity contribution >= 4 is 24.3 Å². The molecular weight excluding hydrogens is 407 g/mol. The Labute approximate surface area is 172 Å². The van der Waals surface area contributed by atoms with Crippen molar-refractivity contribution in [2.45, 2.75) is 6.61 Å². The van der Waals surface area contributed by atoms with E-state index in [0.29, 0.717) is 11.3 Å². The van der Waals surface area contributed by atoms with E-state index in [9.17, 15) is 14.7 Å². The molecule has 0 N–H and O–H groups in total. The zero-order valence-electron chi connectivity index (χ0n) is 16.0. The van der Waals surface area contributed by atoms with Crippen LogP contribution in [0.15, 0.2) is 54.7 Å². The van der Waals surface area contributed by atoms with E-state index in [1.165, 1.54) is 12.3 Å². The summed E-state index contributed by atoms with van der Waals surface area (Å²) in [6.45, 7) is 3.12. The second kappa shape index (κ2) is 7.45. The van der Waals surface area contributed by atoms with Crippen LogP contribution in [0.25, 0.3) is 10.9 Å². The minimum Gasteiger partial charge on any atom is -0.448 e. The molecule has 2 aliphatic rings. The summed E-state index contributed by atoms with van der Waals surface area (Å²) in [5.41, 5.74) is 1.29. The first kappa shape index (κ1) is 19.1. The quantitative estimate of drug-likeness (QED) is 0.229. The average Bonchev–Trinajstić information content (AvgIpc) is 3.64. The third-order valence-corrected chi connectivity index (χ3v) is 7.67. The molecule has 9 nitrogen and oxygen atoms in total. The average molecular weight is 426 g/mol. The molecule has 2 saturated heterocycles. The summed E-state index contributed by atoms with van der Waals surface area (Å²) in [7, 11) is -2.96. The van der Waals surface area contributed by atoms with Crippen LogP contribution < -0.4 is 4.74 Å². The van der Waals surface area contributed by atoms with Gasteiger partial charge in [0.2, 0.25) is 5.75 Å². The Morgan fingerprint density at radius 3 is 2.50 bits per heavy atom. The Balaban J connectivity index is 1.40. The maximum absolute atomic E-state index is 13.1. The molecule has 0 radical (unpaired) electrons. The van der Waals surface area contributed by atoms with Gasteiger partial charge in [0, 0.05) is 37.6 Å². The Hall–Kier alpha value is -2.84. The first-order chi connectivity index (χ1) is 14.5. The Bertz CT molecular complexity index is 1160. The van der Waals surface area contributed by atoms with Crippen LogP contribution in [0.1, 0.15) is 5.56 Å². The first-order valence-electron chi connectivity index (χ1n) is 9.58. The lowest BCUT2D eigenvalue weighted by Crippen LogP contribution is -2.08. The lowest BCUT2D eigenvalue weighted by Gasteiger charge is -2.19. The fourth-order valence-electron chi connectivity index (χ4n) is 3.21. The molecule has 0 saturated carbocycles. The van der Waals surface area contributed by atoms with E-state index in [1.54, 1.807) is 18.2 Å². The van der Waals surface area contributed by atoms with E-state index in [1.807, 2.05) is 33.6 Å². The molecule has 3 heterocycles. The molecule has 10 heteroatoms. The topological polar surface area (TPSA) is 97.6 Å². The number of para-hydroxylation sites is 1. The van der Waals surface area contributed by atoms with Crippen molar-refractivity contribution < 1.29 is 18.7 Å². The van der Waals surface area contributed by atoms with Gasteiger partial charge in [0.15, 0.2) is 0 Å². The fourth-order valence-corrected chi connectivity index (χ4v) is 5.40. The van der Waals surface area contributed by atoms with Crippen molar-refractivity contribution in [2.24, 2.45) is 0 Å². The van der Waals surface area contributed by atoms with Gasteiger partial charge < -0.3 is 9.26 Å². The normalized spacial score (nSPS) is 16.5. The van der Waals surface area contributed by atoms with Gasteiger partial charge in [0.25, 0.3) is 0 Å². The highest BCUT2D eigenvalue weighted by Crippen LogP contribution is 2.61. The summed E-state index contributed by atoms with van der Waals surface area (Å²) < 4.78 is 28.3. The lowest BCUT2D eigenvalue weighted by molar-refractivity contribution is -0.385. The molecule has 5 rings (SSSR count). The smallest absolute Gasteiger partial charge is 0.346 e. The summed E-state index contributed by atoms with van der Waals surface area (Å²) >= 11 is 0. The number of nitro benzene ring substituents is 1. The predicted octanol–water partition coefficient (Wildman–Crippen LogP) is 4.19. The summed E-state index contributed by atoms with van der Waals surface area (Å²) in [6.07, 6.45) is 1.53. The highest BCUT2D eigenvalue weighted by atomic mass is 31.2. The van der Waals surface area contributed by atoms with Crippen molar-refractivity contribution in [3.8, 4) is 11.5 Å². The number of fused-ring (bicyclic) bond motifs is 1. The fraction of sp³-hybridized carbons (Fsp3) is 0.250. The van der Waals surface area contributed by atoms with Crippen LogP contribution in [0, 0.1) is 10.1 Å². The van der Waals surface area contributed by atoms with Crippen LogP contribution in [0.4, 0.5) is 5.69 Å². The summed E-state index contributed by atoms with van der Waals surface area (Å²) in [6, 6.07) is 13.9. The molecule has 0 aliphatic carbocycles. The molecule has 0 atom stereocenters. The number of benzene rings is 2. The molecule has 2 aromatic carbocycles. The van der Waals surface area contributed by atoms with Gasteiger partial charge in [-0.25, -0.2) is 9.34 Å². The van der Waals surface area contributed by atoms with Gasteiger partial charge in [-0.15, -0.1) is 0 Å². The van der Waals surface area contributed by atoms with Crippen molar-refractivity contribution in [2.75, 3.05) is 26.2 Å². The number of ether oxygens (including phenoxy) is 1. The molecule has 1 aromatic heterocycles. The van der Waals surface area contributed by atoms with Crippen molar-refractivity contribution in [1.29, 1.82) is 0 Å². The Morgan fingerprint density at radius 2 is 1.80 bits per heavy atom.